The fraction of sp³-hybridized carbons (Fsp3) is 0.692. The Kier molecular flexibility index (Phi) is 5.41. The van der Waals surface area contributed by atoms with Gasteiger partial charge in [-0.15, -0.1) is 0 Å². The Balaban J connectivity index is 1.84. The molecule has 124 valence electrons. The predicted molar refractivity (Wildman–Crippen MR) is 72.5 cm³/mol. The summed E-state index contributed by atoms with van der Waals surface area (Å²) in [6.07, 6.45) is -3.23. The second-order valence-corrected chi connectivity index (χ2v) is 5.21. The number of rotatable bonds is 5. The average molecular weight is 320 g/mol. The van der Waals surface area contributed by atoms with Crippen LogP contribution in [0.1, 0.15) is 17.4 Å². The molecular weight excluding hydrogens is 301 g/mol. The number of morpholine rings is 1. The van der Waals surface area contributed by atoms with Crippen molar-refractivity contribution in [3.05, 3.63) is 18.0 Å². The largest absolute Gasteiger partial charge is 0.408 e. The van der Waals surface area contributed by atoms with E-state index < -0.39 is 18.6 Å². The first-order valence-electron chi connectivity index (χ1n) is 7.05. The number of hydrogen-bond donors (Lipinski definition) is 1. The van der Waals surface area contributed by atoms with Crippen molar-refractivity contribution < 1.29 is 22.7 Å². The monoisotopic (exact) mass is 320 g/mol. The van der Waals surface area contributed by atoms with E-state index >= 15 is 0 Å². The van der Waals surface area contributed by atoms with Gasteiger partial charge in [0.15, 0.2) is 0 Å². The molecule has 1 unspecified atom stereocenters. The van der Waals surface area contributed by atoms with Gasteiger partial charge >= 0.3 is 6.18 Å². The summed E-state index contributed by atoms with van der Waals surface area (Å²) in [5.74, 6) is -0.553. The van der Waals surface area contributed by atoms with Gasteiger partial charge in [-0.2, -0.15) is 18.3 Å². The van der Waals surface area contributed by atoms with Gasteiger partial charge in [-0.05, 0) is 13.0 Å². The lowest BCUT2D eigenvalue weighted by Crippen LogP contribution is -2.47. The number of ether oxygens (including phenoxy) is 1. The molecule has 0 saturated carbocycles. The van der Waals surface area contributed by atoms with E-state index in [1.807, 2.05) is 6.92 Å². The van der Waals surface area contributed by atoms with Crippen LogP contribution in [0.4, 0.5) is 13.2 Å². The number of alkyl halides is 3. The summed E-state index contributed by atoms with van der Waals surface area (Å²) in [7, 11) is 0. The van der Waals surface area contributed by atoms with Gasteiger partial charge in [0.2, 0.25) is 0 Å². The lowest BCUT2D eigenvalue weighted by atomic mass is 10.2. The number of nitrogens with zero attached hydrogens (tertiary/aromatic N) is 3. The molecule has 0 aliphatic carbocycles. The van der Waals surface area contributed by atoms with Gasteiger partial charge < -0.3 is 10.1 Å². The summed E-state index contributed by atoms with van der Waals surface area (Å²) < 4.78 is 43.1. The van der Waals surface area contributed by atoms with Gasteiger partial charge in [-0.1, -0.05) is 0 Å². The second-order valence-electron chi connectivity index (χ2n) is 5.21. The van der Waals surface area contributed by atoms with Crippen molar-refractivity contribution >= 4 is 5.91 Å². The Hall–Kier alpha value is -1.61. The first kappa shape index (κ1) is 16.8. The van der Waals surface area contributed by atoms with E-state index in [1.165, 1.54) is 12.3 Å². The van der Waals surface area contributed by atoms with Crippen LogP contribution in [0.25, 0.3) is 0 Å². The summed E-state index contributed by atoms with van der Waals surface area (Å²) in [6, 6.07) is 1.54. The van der Waals surface area contributed by atoms with Crippen LogP contribution in [0.2, 0.25) is 0 Å². The number of halogens is 3. The fourth-order valence-electron chi connectivity index (χ4n) is 2.32. The molecule has 1 aliphatic rings. The molecule has 1 atom stereocenters. The summed E-state index contributed by atoms with van der Waals surface area (Å²) >= 11 is 0. The Morgan fingerprint density at radius 2 is 2.32 bits per heavy atom. The number of aromatic nitrogens is 2. The molecule has 9 heteroatoms. The standard InChI is InChI=1S/C13H19F3N4O2/c1-10-8-22-7-6-19(10)5-4-17-12(21)11-2-3-18-20(11)9-13(14,15)16/h2-3,10H,4-9H2,1H3,(H,17,21). The lowest BCUT2D eigenvalue weighted by Gasteiger charge is -2.33. The summed E-state index contributed by atoms with van der Waals surface area (Å²) in [5.41, 5.74) is -0.0904. The molecule has 0 bridgehead atoms. The van der Waals surface area contributed by atoms with Crippen molar-refractivity contribution in [2.24, 2.45) is 0 Å². The quantitative estimate of drug-likeness (QED) is 0.876. The van der Waals surface area contributed by atoms with E-state index in [0.29, 0.717) is 31.0 Å². The normalized spacial score (nSPS) is 20.1. The van der Waals surface area contributed by atoms with Crippen LogP contribution in [0, 0.1) is 0 Å². The van der Waals surface area contributed by atoms with Crippen LogP contribution < -0.4 is 5.32 Å². The van der Waals surface area contributed by atoms with E-state index in [-0.39, 0.29) is 11.7 Å². The zero-order valence-corrected chi connectivity index (χ0v) is 12.3. The third-order valence-corrected chi connectivity index (χ3v) is 3.47. The van der Waals surface area contributed by atoms with Crippen LogP contribution in [0.5, 0.6) is 0 Å². The highest BCUT2D eigenvalue weighted by atomic mass is 19.4. The van der Waals surface area contributed by atoms with Crippen molar-refractivity contribution in [2.45, 2.75) is 25.7 Å². The molecule has 22 heavy (non-hydrogen) atoms. The highest BCUT2D eigenvalue weighted by molar-refractivity contribution is 5.92. The molecule has 1 aromatic rings. The van der Waals surface area contributed by atoms with Crippen LogP contribution in [-0.4, -0.2) is 65.7 Å². The van der Waals surface area contributed by atoms with Crippen molar-refractivity contribution in [3.63, 3.8) is 0 Å². The molecule has 2 rings (SSSR count). The predicted octanol–water partition coefficient (Wildman–Crippen LogP) is 0.896. The van der Waals surface area contributed by atoms with Crippen LogP contribution >= 0.6 is 0 Å². The molecule has 1 aromatic heterocycles. The number of nitrogens with one attached hydrogen (secondary N) is 1. The Bertz CT molecular complexity index is 504. The summed E-state index contributed by atoms with van der Waals surface area (Å²) in [4.78, 5) is 14.1. The minimum Gasteiger partial charge on any atom is -0.379 e. The molecule has 1 aliphatic heterocycles. The van der Waals surface area contributed by atoms with Gasteiger partial charge in [0, 0.05) is 31.9 Å². The maximum Gasteiger partial charge on any atom is 0.408 e. The zero-order chi connectivity index (χ0) is 16.2. The lowest BCUT2D eigenvalue weighted by molar-refractivity contribution is -0.142. The molecule has 1 amide bonds. The van der Waals surface area contributed by atoms with Crippen molar-refractivity contribution in [1.29, 1.82) is 0 Å². The summed E-state index contributed by atoms with van der Waals surface area (Å²) in [6.45, 7) is 3.82. The van der Waals surface area contributed by atoms with Crippen molar-refractivity contribution in [2.75, 3.05) is 32.8 Å². The molecular formula is C13H19F3N4O2. The average Bonchev–Trinajstić information content (AvgIpc) is 2.86. The van der Waals surface area contributed by atoms with Crippen LogP contribution in [-0.2, 0) is 11.3 Å². The van der Waals surface area contributed by atoms with Gasteiger partial charge in [0.1, 0.15) is 12.2 Å². The third kappa shape index (κ3) is 4.70. The Labute approximate surface area is 126 Å². The smallest absolute Gasteiger partial charge is 0.379 e. The Morgan fingerprint density at radius 1 is 1.55 bits per heavy atom. The SMILES string of the molecule is CC1COCCN1CCNC(=O)c1ccnn1CC(F)(F)F. The maximum absolute atomic E-state index is 12.4. The van der Waals surface area contributed by atoms with Crippen LogP contribution in [0.3, 0.4) is 0 Å². The molecule has 1 N–H and O–H groups in total. The molecule has 1 fully saturated rings. The van der Waals surface area contributed by atoms with E-state index in [4.69, 9.17) is 4.74 Å². The van der Waals surface area contributed by atoms with E-state index in [2.05, 4.69) is 15.3 Å². The highest BCUT2D eigenvalue weighted by Crippen LogP contribution is 2.18. The number of hydrogen-bond acceptors (Lipinski definition) is 4. The first-order chi connectivity index (χ1) is 10.4. The number of carbonyl (C=O) groups excluding carboxylic acids is 1. The molecule has 0 aromatic carbocycles. The van der Waals surface area contributed by atoms with E-state index in [1.54, 1.807) is 0 Å². The van der Waals surface area contributed by atoms with Gasteiger partial charge in [-0.25, -0.2) is 0 Å². The van der Waals surface area contributed by atoms with Gasteiger partial charge in [0.05, 0.1) is 13.2 Å². The molecule has 2 heterocycles. The maximum atomic E-state index is 12.4. The van der Waals surface area contributed by atoms with Gasteiger partial charge in [0.25, 0.3) is 5.91 Å². The highest BCUT2D eigenvalue weighted by Gasteiger charge is 2.30. The second kappa shape index (κ2) is 7.10. The Morgan fingerprint density at radius 3 is 3.00 bits per heavy atom. The van der Waals surface area contributed by atoms with E-state index in [0.717, 1.165) is 6.54 Å². The topological polar surface area (TPSA) is 59.4 Å². The summed E-state index contributed by atoms with van der Waals surface area (Å²) in [5, 5.41) is 6.17. The first-order valence-corrected chi connectivity index (χ1v) is 7.05. The minimum atomic E-state index is -4.41. The minimum absolute atomic E-state index is 0.0904. The van der Waals surface area contributed by atoms with Crippen molar-refractivity contribution in [1.82, 2.24) is 20.0 Å². The molecule has 6 nitrogen and oxygen atoms in total. The van der Waals surface area contributed by atoms with Crippen molar-refractivity contribution in [3.8, 4) is 0 Å². The van der Waals surface area contributed by atoms with E-state index in [9.17, 15) is 18.0 Å². The fourth-order valence-corrected chi connectivity index (χ4v) is 2.32. The van der Waals surface area contributed by atoms with Crippen LogP contribution in [0.15, 0.2) is 12.3 Å². The zero-order valence-electron chi connectivity index (χ0n) is 12.3. The number of carbonyl (C=O) groups is 1. The third-order valence-electron chi connectivity index (χ3n) is 3.47. The molecule has 0 spiro atoms. The number of amides is 1. The molecule has 1 saturated heterocycles. The van der Waals surface area contributed by atoms with Gasteiger partial charge in [-0.3, -0.25) is 14.4 Å². The molecule has 0 radical (unpaired) electrons.